The van der Waals surface area contributed by atoms with Crippen molar-refractivity contribution in [2.24, 2.45) is 0 Å². The maximum atomic E-state index is 10.6. The normalized spacial score (nSPS) is 21.1. The van der Waals surface area contributed by atoms with Gasteiger partial charge in [0.15, 0.2) is 0 Å². The van der Waals surface area contributed by atoms with Gasteiger partial charge in [0.25, 0.3) is 0 Å². The lowest BCUT2D eigenvalue weighted by atomic mass is 10.2. The Morgan fingerprint density at radius 1 is 1.47 bits per heavy atom. The lowest BCUT2D eigenvalue weighted by Gasteiger charge is -2.16. The largest absolute Gasteiger partial charge is 0.490 e. The minimum absolute atomic E-state index is 0.787. The number of carboxylic acid groups (broad SMARTS) is 1. The number of aliphatic carboxylic acids is 1. The highest BCUT2D eigenvalue weighted by Gasteiger charge is 2.38. The molecule has 0 spiro atoms. The van der Waals surface area contributed by atoms with Gasteiger partial charge in [-0.15, -0.1) is 0 Å². The van der Waals surface area contributed by atoms with Gasteiger partial charge < -0.3 is 15.3 Å². The fourth-order valence-corrected chi connectivity index (χ4v) is 1.08. The van der Waals surface area contributed by atoms with Crippen molar-refractivity contribution in [1.29, 1.82) is 0 Å². The first-order chi connectivity index (χ1) is 6.75. The summed E-state index contributed by atoms with van der Waals surface area (Å²) < 4.78 is 31.7. The number of nitrogens with one attached hydrogen (secondary N) is 1. The van der Waals surface area contributed by atoms with Crippen molar-refractivity contribution >= 4 is 5.97 Å². The molecule has 1 atom stereocenters. The molecular weight excluding hydrogens is 213 g/mol. The molecule has 4 nitrogen and oxygen atoms in total. The molecule has 0 aliphatic carbocycles. The molecule has 90 valence electrons. The number of halogens is 3. The Morgan fingerprint density at radius 2 is 1.93 bits per heavy atom. The van der Waals surface area contributed by atoms with Crippen LogP contribution in [0.2, 0.25) is 0 Å². The van der Waals surface area contributed by atoms with Gasteiger partial charge in [-0.3, -0.25) is 0 Å². The molecule has 1 aliphatic heterocycles. The Balaban J connectivity index is 0.000000265. The van der Waals surface area contributed by atoms with Crippen molar-refractivity contribution in [3.63, 3.8) is 0 Å². The molecule has 0 aromatic heterocycles. The van der Waals surface area contributed by atoms with Gasteiger partial charge in [0, 0.05) is 12.6 Å². The van der Waals surface area contributed by atoms with Gasteiger partial charge in [0.1, 0.15) is 0 Å². The second-order valence-electron chi connectivity index (χ2n) is 3.41. The van der Waals surface area contributed by atoms with Gasteiger partial charge in [-0.25, -0.2) is 4.79 Å². The van der Waals surface area contributed by atoms with Crippen molar-refractivity contribution in [2.75, 3.05) is 27.2 Å². The van der Waals surface area contributed by atoms with E-state index in [1.54, 1.807) is 0 Å². The van der Waals surface area contributed by atoms with Crippen LogP contribution in [0.5, 0.6) is 0 Å². The van der Waals surface area contributed by atoms with E-state index < -0.39 is 12.1 Å². The number of likely N-dealkylation sites (N-methyl/N-ethyl adjacent to an activating group) is 1. The lowest BCUT2D eigenvalue weighted by molar-refractivity contribution is -0.192. The van der Waals surface area contributed by atoms with Crippen LogP contribution in [-0.2, 0) is 4.79 Å². The summed E-state index contributed by atoms with van der Waals surface area (Å²) >= 11 is 0. The van der Waals surface area contributed by atoms with Gasteiger partial charge in [0.2, 0.25) is 0 Å². The maximum absolute atomic E-state index is 10.6. The first-order valence-electron chi connectivity index (χ1n) is 4.42. The maximum Gasteiger partial charge on any atom is 0.490 e. The molecule has 2 N–H and O–H groups in total. The molecule has 0 saturated carbocycles. The predicted octanol–water partition coefficient (Wildman–Crippen LogP) is 0.543. The van der Waals surface area contributed by atoms with Crippen LogP contribution in [-0.4, -0.2) is 55.4 Å². The Kier molecular flexibility index (Phi) is 5.59. The van der Waals surface area contributed by atoms with E-state index in [-0.39, 0.29) is 0 Å². The van der Waals surface area contributed by atoms with E-state index in [9.17, 15) is 13.2 Å². The van der Waals surface area contributed by atoms with E-state index in [1.807, 2.05) is 0 Å². The number of rotatable bonds is 1. The van der Waals surface area contributed by atoms with Crippen LogP contribution in [0.1, 0.15) is 6.42 Å². The Bertz CT molecular complexity index is 201. The van der Waals surface area contributed by atoms with Crippen LogP contribution in [0.25, 0.3) is 0 Å². The molecule has 0 unspecified atom stereocenters. The van der Waals surface area contributed by atoms with Gasteiger partial charge in [-0.2, -0.15) is 13.2 Å². The van der Waals surface area contributed by atoms with Crippen LogP contribution in [0.4, 0.5) is 13.2 Å². The first kappa shape index (κ1) is 14.2. The summed E-state index contributed by atoms with van der Waals surface area (Å²) in [5, 5.41) is 10.4. The Hall–Kier alpha value is -0.820. The molecular formula is C8H15F3N2O2. The second-order valence-corrected chi connectivity index (χ2v) is 3.41. The summed E-state index contributed by atoms with van der Waals surface area (Å²) in [6, 6.07) is 0.787. The second kappa shape index (κ2) is 5.92. The van der Waals surface area contributed by atoms with Crippen molar-refractivity contribution in [3.8, 4) is 0 Å². The summed E-state index contributed by atoms with van der Waals surface area (Å²) in [5.74, 6) is -2.76. The van der Waals surface area contributed by atoms with Crippen LogP contribution in [0.15, 0.2) is 0 Å². The molecule has 1 saturated heterocycles. The average molecular weight is 228 g/mol. The highest BCUT2D eigenvalue weighted by Crippen LogP contribution is 2.13. The van der Waals surface area contributed by atoms with Gasteiger partial charge >= 0.3 is 12.1 Å². The van der Waals surface area contributed by atoms with Crippen molar-refractivity contribution < 1.29 is 23.1 Å². The van der Waals surface area contributed by atoms with Crippen LogP contribution in [0.3, 0.4) is 0 Å². The van der Waals surface area contributed by atoms with E-state index in [0.717, 1.165) is 6.04 Å². The van der Waals surface area contributed by atoms with Crippen LogP contribution < -0.4 is 5.32 Å². The SMILES string of the molecule is CN(C)[C@H]1CCNC1.O=C(O)C(F)(F)F. The van der Waals surface area contributed by atoms with Gasteiger partial charge in [-0.1, -0.05) is 0 Å². The summed E-state index contributed by atoms with van der Waals surface area (Å²) in [5.41, 5.74) is 0. The summed E-state index contributed by atoms with van der Waals surface area (Å²) in [6.45, 7) is 2.37. The molecule has 7 heteroatoms. The summed E-state index contributed by atoms with van der Waals surface area (Å²) in [7, 11) is 4.27. The smallest absolute Gasteiger partial charge is 0.475 e. The standard InChI is InChI=1S/C6H14N2.C2HF3O2/c1-8(2)6-3-4-7-5-6;3-2(4,5)1(6)7/h6-7H,3-5H2,1-2H3;(H,6,7)/t6-;/m0./s1. The quantitative estimate of drug-likeness (QED) is 0.688. The fourth-order valence-electron chi connectivity index (χ4n) is 1.08. The molecule has 0 aromatic rings. The third-order valence-corrected chi connectivity index (χ3v) is 2.01. The molecule has 0 bridgehead atoms. The van der Waals surface area contributed by atoms with Crippen LogP contribution >= 0.6 is 0 Å². The zero-order valence-corrected chi connectivity index (χ0v) is 8.64. The monoisotopic (exact) mass is 228 g/mol. The Labute approximate surface area is 86.1 Å². The minimum atomic E-state index is -5.08. The molecule has 1 fully saturated rings. The third-order valence-electron chi connectivity index (χ3n) is 2.01. The van der Waals surface area contributed by atoms with Crippen molar-refractivity contribution in [2.45, 2.75) is 18.6 Å². The zero-order chi connectivity index (χ0) is 12.1. The van der Waals surface area contributed by atoms with Crippen LogP contribution in [0, 0.1) is 0 Å². The van der Waals surface area contributed by atoms with Gasteiger partial charge in [0.05, 0.1) is 0 Å². The van der Waals surface area contributed by atoms with E-state index in [1.165, 1.54) is 19.5 Å². The van der Waals surface area contributed by atoms with Gasteiger partial charge in [-0.05, 0) is 27.1 Å². The molecule has 1 aliphatic rings. The van der Waals surface area contributed by atoms with E-state index in [2.05, 4.69) is 24.3 Å². The van der Waals surface area contributed by atoms with E-state index in [4.69, 9.17) is 9.90 Å². The summed E-state index contributed by atoms with van der Waals surface area (Å²) in [6.07, 6.45) is -3.77. The average Bonchev–Trinajstić information content (AvgIpc) is 2.54. The minimum Gasteiger partial charge on any atom is -0.475 e. The molecule has 0 aromatic carbocycles. The van der Waals surface area contributed by atoms with Crippen molar-refractivity contribution in [1.82, 2.24) is 10.2 Å². The molecule has 1 heterocycles. The predicted molar refractivity (Wildman–Crippen MR) is 48.7 cm³/mol. The first-order valence-corrected chi connectivity index (χ1v) is 4.42. The van der Waals surface area contributed by atoms with E-state index in [0.29, 0.717) is 0 Å². The number of carbonyl (C=O) groups is 1. The number of hydrogen-bond acceptors (Lipinski definition) is 3. The number of nitrogens with zero attached hydrogens (tertiary/aromatic N) is 1. The van der Waals surface area contributed by atoms with Crippen molar-refractivity contribution in [3.05, 3.63) is 0 Å². The number of carboxylic acids is 1. The number of alkyl halides is 3. The Morgan fingerprint density at radius 3 is 2.07 bits per heavy atom. The summed E-state index contributed by atoms with van der Waals surface area (Å²) in [4.78, 5) is 11.2. The highest BCUT2D eigenvalue weighted by molar-refractivity contribution is 5.73. The zero-order valence-electron chi connectivity index (χ0n) is 8.64. The third kappa shape index (κ3) is 6.29. The topological polar surface area (TPSA) is 52.6 Å². The molecule has 1 rings (SSSR count). The fraction of sp³-hybridized carbons (Fsp3) is 0.875. The highest BCUT2D eigenvalue weighted by atomic mass is 19.4. The molecule has 0 amide bonds. The molecule has 0 radical (unpaired) electrons. The molecule has 15 heavy (non-hydrogen) atoms. The number of hydrogen-bond donors (Lipinski definition) is 2. The lowest BCUT2D eigenvalue weighted by Crippen LogP contribution is -2.29. The van der Waals surface area contributed by atoms with E-state index >= 15 is 0 Å².